The van der Waals surface area contributed by atoms with Gasteiger partial charge >= 0.3 is 0 Å². The quantitative estimate of drug-likeness (QED) is 0.688. The Morgan fingerprint density at radius 2 is 2.13 bits per heavy atom. The zero-order chi connectivity index (χ0) is 22.2. The van der Waals surface area contributed by atoms with Gasteiger partial charge in [-0.2, -0.15) is 0 Å². The summed E-state index contributed by atoms with van der Waals surface area (Å²) in [5, 5.41) is 0. The van der Waals surface area contributed by atoms with E-state index in [1.54, 1.807) is 11.8 Å². The summed E-state index contributed by atoms with van der Waals surface area (Å²) >= 11 is 0. The Labute approximate surface area is 177 Å². The van der Waals surface area contributed by atoms with E-state index in [2.05, 4.69) is 15.0 Å². The summed E-state index contributed by atoms with van der Waals surface area (Å²) in [4.78, 5) is 36.5. The minimum Gasteiger partial charge on any atom is -0.476 e. The number of amides is 1. The van der Waals surface area contributed by atoms with E-state index in [4.69, 9.17) is 10.5 Å². The van der Waals surface area contributed by atoms with Gasteiger partial charge in [-0.1, -0.05) is 6.07 Å². The van der Waals surface area contributed by atoms with Crippen LogP contribution in [0.25, 0.3) is 0 Å². The maximum atomic E-state index is 14.7. The highest BCUT2D eigenvalue weighted by Gasteiger charge is 2.51. The van der Waals surface area contributed by atoms with E-state index in [1.165, 1.54) is 30.7 Å². The Kier molecular flexibility index (Phi) is 5.50. The number of rotatable bonds is 7. The van der Waals surface area contributed by atoms with Crippen molar-refractivity contribution in [3.63, 3.8) is 0 Å². The molecule has 1 aliphatic heterocycles. The highest BCUT2D eigenvalue weighted by molar-refractivity contribution is 5.85. The number of pyridine rings is 1. The number of hydrogen-bond donors (Lipinski definition) is 2. The third-order valence-corrected chi connectivity index (χ3v) is 6.24. The normalized spacial score (nSPS) is 23.1. The van der Waals surface area contributed by atoms with Crippen molar-refractivity contribution >= 4 is 5.91 Å². The number of nitrogens with zero attached hydrogens (tertiary/aromatic N) is 3. The molecular formula is C21H25F2N5O3. The monoisotopic (exact) mass is 433 g/mol. The molecule has 8 nitrogen and oxygen atoms in total. The van der Waals surface area contributed by atoms with E-state index in [-0.39, 0.29) is 29.9 Å². The molecule has 0 aromatic carbocycles. The van der Waals surface area contributed by atoms with Crippen LogP contribution < -0.4 is 16.0 Å². The molecule has 2 aromatic rings. The van der Waals surface area contributed by atoms with Crippen LogP contribution in [0.2, 0.25) is 0 Å². The van der Waals surface area contributed by atoms with Crippen LogP contribution in [-0.2, 0) is 10.3 Å². The lowest BCUT2D eigenvalue weighted by molar-refractivity contribution is -0.139. The smallest absolute Gasteiger partial charge is 0.257 e. The molecule has 2 aliphatic rings. The molecule has 10 heteroatoms. The second-order valence-electron chi connectivity index (χ2n) is 8.43. The first-order valence-electron chi connectivity index (χ1n) is 10.3. The maximum Gasteiger partial charge on any atom is 0.257 e. The molecule has 0 bridgehead atoms. The second-order valence-corrected chi connectivity index (χ2v) is 8.43. The zero-order valence-corrected chi connectivity index (χ0v) is 17.2. The number of carbonyl (C=O) groups is 1. The highest BCUT2D eigenvalue weighted by atomic mass is 19.3. The van der Waals surface area contributed by atoms with E-state index in [1.807, 2.05) is 0 Å². The number of alkyl halides is 2. The van der Waals surface area contributed by atoms with Crippen molar-refractivity contribution in [2.45, 2.75) is 43.6 Å². The van der Waals surface area contributed by atoms with Crippen LogP contribution in [0.5, 0.6) is 5.88 Å². The Morgan fingerprint density at radius 3 is 2.71 bits per heavy atom. The fourth-order valence-corrected chi connectivity index (χ4v) is 3.87. The van der Waals surface area contributed by atoms with Gasteiger partial charge in [0.25, 0.3) is 5.92 Å². The number of nitrogens with one attached hydrogen (secondary N) is 1. The number of primary amides is 1. The van der Waals surface area contributed by atoms with E-state index < -0.39 is 29.7 Å². The molecule has 3 N–H and O–H groups in total. The van der Waals surface area contributed by atoms with Crippen molar-refractivity contribution in [1.29, 1.82) is 0 Å². The van der Waals surface area contributed by atoms with Gasteiger partial charge in [0.15, 0.2) is 0 Å². The number of likely N-dealkylation sites (tertiary alicyclic amines) is 1. The molecule has 1 amide bonds. The number of carbonyl (C=O) groups excluding carboxylic acids is 1. The van der Waals surface area contributed by atoms with Gasteiger partial charge in [-0.3, -0.25) is 19.5 Å². The van der Waals surface area contributed by atoms with Crippen molar-refractivity contribution in [2.24, 2.45) is 11.7 Å². The number of nitrogens with two attached hydrogens (primary N) is 1. The van der Waals surface area contributed by atoms with Crippen LogP contribution in [-0.4, -0.2) is 51.4 Å². The summed E-state index contributed by atoms with van der Waals surface area (Å²) in [6.45, 7) is 1.95. The summed E-state index contributed by atoms with van der Waals surface area (Å²) in [5.74, 6) is -4.03. The number of piperidine rings is 1. The number of H-pyrrole nitrogens is 1. The first kappa shape index (κ1) is 21.4. The molecule has 1 unspecified atom stereocenters. The fraction of sp³-hybridized carbons (Fsp3) is 0.524. The lowest BCUT2D eigenvalue weighted by Crippen LogP contribution is -2.59. The molecule has 1 aliphatic carbocycles. The highest BCUT2D eigenvalue weighted by Crippen LogP contribution is 2.43. The van der Waals surface area contributed by atoms with Crippen molar-refractivity contribution in [1.82, 2.24) is 19.9 Å². The molecule has 2 aromatic heterocycles. The molecular weight excluding hydrogens is 408 g/mol. The molecule has 0 spiro atoms. The molecule has 31 heavy (non-hydrogen) atoms. The number of halogens is 2. The topological polar surface area (TPSA) is 114 Å². The van der Waals surface area contributed by atoms with Gasteiger partial charge in [0.05, 0.1) is 30.6 Å². The van der Waals surface area contributed by atoms with Crippen LogP contribution in [0, 0.1) is 5.92 Å². The lowest BCUT2D eigenvalue weighted by Gasteiger charge is -2.45. The van der Waals surface area contributed by atoms with Crippen LogP contribution in [0.3, 0.4) is 0 Å². The minimum atomic E-state index is -3.00. The third-order valence-electron chi connectivity index (χ3n) is 6.24. The predicted octanol–water partition coefficient (Wildman–Crippen LogP) is 1.78. The van der Waals surface area contributed by atoms with Gasteiger partial charge in [-0.25, -0.2) is 13.8 Å². The van der Waals surface area contributed by atoms with E-state index in [0.29, 0.717) is 18.4 Å². The molecule has 4 rings (SSSR count). The van der Waals surface area contributed by atoms with Crippen molar-refractivity contribution in [3.8, 4) is 5.88 Å². The van der Waals surface area contributed by atoms with E-state index >= 15 is 0 Å². The van der Waals surface area contributed by atoms with Crippen molar-refractivity contribution < 1.29 is 18.3 Å². The molecule has 1 saturated heterocycles. The minimum absolute atomic E-state index is 0.0477. The molecule has 2 fully saturated rings. The first-order valence-corrected chi connectivity index (χ1v) is 10.3. The summed E-state index contributed by atoms with van der Waals surface area (Å²) in [7, 11) is 0. The summed E-state index contributed by atoms with van der Waals surface area (Å²) in [5.41, 5.74) is 4.49. The number of ether oxygens (including phenoxy) is 1. The molecule has 2 atom stereocenters. The maximum absolute atomic E-state index is 14.7. The summed E-state index contributed by atoms with van der Waals surface area (Å²) < 4.78 is 35.1. The second kappa shape index (κ2) is 7.99. The van der Waals surface area contributed by atoms with Crippen LogP contribution in [0.15, 0.2) is 35.5 Å². The number of hydrogen-bond acceptors (Lipinski definition) is 6. The summed E-state index contributed by atoms with van der Waals surface area (Å²) in [6, 6.07) is 2.60. The molecule has 0 radical (unpaired) electrons. The molecule has 1 saturated carbocycles. The Morgan fingerprint density at radius 1 is 1.35 bits per heavy atom. The summed E-state index contributed by atoms with van der Waals surface area (Å²) in [6.07, 6.45) is 5.95. The van der Waals surface area contributed by atoms with Gasteiger partial charge in [0.1, 0.15) is 5.54 Å². The Balaban J connectivity index is 1.59. The lowest BCUT2D eigenvalue weighted by atomic mass is 9.83. The van der Waals surface area contributed by atoms with E-state index in [9.17, 15) is 18.4 Å². The average molecular weight is 433 g/mol. The Bertz CT molecular complexity index is 988. The SMILES string of the molecule is CC(C(N)=O)(c1cnc(OCC2CC2)cn1)N1CCC(F)(F)[C@@H](c2ccc(=O)[nH]c2)C1. The molecule has 3 heterocycles. The van der Waals surface area contributed by atoms with Crippen LogP contribution >= 0.6 is 0 Å². The standard InChI is InChI=1S/C21H25F2N5O3/c1-20(19(24)30,16-9-27-18(10-25-16)31-12-13-2-3-13)28-7-6-21(22,23)15(11-28)14-4-5-17(29)26-8-14/h4-5,8-10,13,15H,2-3,6-7,11-12H2,1H3,(H2,24,30)(H,26,29)/t15-,20?/m1/s1. The van der Waals surface area contributed by atoms with Crippen molar-refractivity contribution in [2.75, 3.05) is 19.7 Å². The fourth-order valence-electron chi connectivity index (χ4n) is 3.87. The zero-order valence-electron chi connectivity index (χ0n) is 17.2. The number of aromatic amines is 1. The van der Waals surface area contributed by atoms with Gasteiger partial charge < -0.3 is 15.5 Å². The third kappa shape index (κ3) is 4.30. The Hall–Kier alpha value is -2.88. The van der Waals surface area contributed by atoms with E-state index in [0.717, 1.165) is 12.8 Å². The van der Waals surface area contributed by atoms with Gasteiger partial charge in [0, 0.05) is 31.8 Å². The first-order chi connectivity index (χ1) is 14.7. The van der Waals surface area contributed by atoms with Crippen LogP contribution in [0.1, 0.15) is 43.4 Å². The van der Waals surface area contributed by atoms with Crippen LogP contribution in [0.4, 0.5) is 8.78 Å². The van der Waals surface area contributed by atoms with Crippen molar-refractivity contribution in [3.05, 3.63) is 52.3 Å². The van der Waals surface area contributed by atoms with Gasteiger partial charge in [-0.15, -0.1) is 0 Å². The average Bonchev–Trinajstić information content (AvgIpc) is 3.57. The largest absolute Gasteiger partial charge is 0.476 e. The molecule has 166 valence electrons. The predicted molar refractivity (Wildman–Crippen MR) is 108 cm³/mol. The van der Waals surface area contributed by atoms with Gasteiger partial charge in [0.2, 0.25) is 17.3 Å². The number of aromatic nitrogens is 3. The van der Waals surface area contributed by atoms with Gasteiger partial charge in [-0.05, 0) is 31.2 Å².